The highest BCUT2D eigenvalue weighted by atomic mass is 16.3. The third-order valence-corrected chi connectivity index (χ3v) is 3.15. The summed E-state index contributed by atoms with van der Waals surface area (Å²) in [5.41, 5.74) is 4.84. The highest BCUT2D eigenvalue weighted by Gasteiger charge is 2.23. The van der Waals surface area contributed by atoms with Crippen LogP contribution < -0.4 is 5.73 Å². The Morgan fingerprint density at radius 2 is 1.78 bits per heavy atom. The summed E-state index contributed by atoms with van der Waals surface area (Å²) in [7, 11) is 0. The van der Waals surface area contributed by atoms with E-state index in [0.29, 0.717) is 26.1 Å². The summed E-state index contributed by atoms with van der Waals surface area (Å²) in [6, 6.07) is 0. The molecule has 4 nitrogen and oxygen atoms in total. The van der Waals surface area contributed by atoms with Crippen molar-refractivity contribution in [2.24, 2.45) is 11.1 Å². The number of carbonyl (C=O) groups is 1. The molecule has 0 atom stereocenters. The topological polar surface area (TPSA) is 66.6 Å². The minimum absolute atomic E-state index is 0.110. The third kappa shape index (κ3) is 7.67. The van der Waals surface area contributed by atoms with Crippen LogP contribution in [0.5, 0.6) is 0 Å². The van der Waals surface area contributed by atoms with Crippen LogP contribution in [-0.2, 0) is 4.79 Å². The fourth-order valence-corrected chi connectivity index (χ4v) is 1.96. The van der Waals surface area contributed by atoms with Gasteiger partial charge in [-0.2, -0.15) is 0 Å². The quantitative estimate of drug-likeness (QED) is 0.697. The monoisotopic (exact) mass is 258 g/mol. The molecule has 0 fully saturated rings. The van der Waals surface area contributed by atoms with Gasteiger partial charge in [-0.15, -0.1) is 0 Å². The van der Waals surface area contributed by atoms with Crippen LogP contribution in [-0.4, -0.2) is 41.1 Å². The fourth-order valence-electron chi connectivity index (χ4n) is 1.96. The van der Waals surface area contributed by atoms with Crippen LogP contribution >= 0.6 is 0 Å². The van der Waals surface area contributed by atoms with Gasteiger partial charge in [-0.1, -0.05) is 13.8 Å². The molecule has 3 N–H and O–H groups in total. The normalized spacial score (nSPS) is 12.6. The molecule has 1 amide bonds. The van der Waals surface area contributed by atoms with Crippen LogP contribution in [0.2, 0.25) is 0 Å². The van der Waals surface area contributed by atoms with Crippen LogP contribution in [0.3, 0.4) is 0 Å². The van der Waals surface area contributed by atoms with Crippen molar-refractivity contribution in [3.8, 4) is 0 Å². The largest absolute Gasteiger partial charge is 0.389 e. The molecule has 0 aromatic carbocycles. The Morgan fingerprint density at radius 3 is 2.17 bits per heavy atom. The van der Waals surface area contributed by atoms with Crippen molar-refractivity contribution in [3.05, 3.63) is 0 Å². The molecule has 0 saturated heterocycles. The van der Waals surface area contributed by atoms with Gasteiger partial charge < -0.3 is 15.7 Å². The smallest absolute Gasteiger partial charge is 0.222 e. The molecule has 0 spiro atoms. The van der Waals surface area contributed by atoms with Crippen LogP contribution in [0.1, 0.15) is 53.9 Å². The van der Waals surface area contributed by atoms with E-state index in [-0.39, 0.29) is 11.3 Å². The van der Waals surface area contributed by atoms with Gasteiger partial charge >= 0.3 is 0 Å². The molecular weight excluding hydrogens is 228 g/mol. The van der Waals surface area contributed by atoms with Gasteiger partial charge in [0.25, 0.3) is 0 Å². The average molecular weight is 258 g/mol. The van der Waals surface area contributed by atoms with E-state index in [2.05, 4.69) is 13.8 Å². The molecule has 0 aromatic heterocycles. The number of rotatable bonds is 8. The number of nitrogens with zero attached hydrogens (tertiary/aromatic N) is 1. The first-order chi connectivity index (χ1) is 8.11. The Balaban J connectivity index is 4.29. The Morgan fingerprint density at radius 1 is 1.22 bits per heavy atom. The molecule has 0 unspecified atom stereocenters. The molecular formula is C14H30N2O2. The summed E-state index contributed by atoms with van der Waals surface area (Å²) in [6.45, 7) is 11.3. The first-order valence-electron chi connectivity index (χ1n) is 6.81. The SMILES string of the molecule is CCN(CC(C)(C)O)C(=O)CCC(C)(C)CCN. The number of carbonyl (C=O) groups excluding carboxylic acids is 1. The molecule has 0 aromatic rings. The number of likely N-dealkylation sites (N-methyl/N-ethyl adjacent to an activating group) is 1. The van der Waals surface area contributed by atoms with Gasteiger partial charge in [0.1, 0.15) is 0 Å². The zero-order valence-electron chi connectivity index (χ0n) is 12.6. The van der Waals surface area contributed by atoms with Crippen LogP contribution in [0.15, 0.2) is 0 Å². The van der Waals surface area contributed by atoms with Crippen molar-refractivity contribution >= 4 is 5.91 Å². The van der Waals surface area contributed by atoms with Crippen molar-refractivity contribution in [2.45, 2.75) is 59.5 Å². The minimum atomic E-state index is -0.835. The maximum Gasteiger partial charge on any atom is 0.222 e. The van der Waals surface area contributed by atoms with E-state index in [1.807, 2.05) is 6.92 Å². The van der Waals surface area contributed by atoms with E-state index in [9.17, 15) is 9.90 Å². The third-order valence-electron chi connectivity index (χ3n) is 3.15. The zero-order valence-corrected chi connectivity index (χ0v) is 12.6. The molecule has 0 aliphatic carbocycles. The predicted octanol–water partition coefficient (Wildman–Crippen LogP) is 1.76. The molecule has 108 valence electrons. The van der Waals surface area contributed by atoms with Gasteiger partial charge in [0.05, 0.1) is 5.60 Å². The standard InChI is InChI=1S/C14H30N2O2/c1-6-16(11-14(4,5)18)12(17)7-8-13(2,3)9-10-15/h18H,6-11,15H2,1-5H3. The average Bonchev–Trinajstić information content (AvgIpc) is 2.21. The first kappa shape index (κ1) is 17.4. The van der Waals surface area contributed by atoms with Crippen molar-refractivity contribution in [3.63, 3.8) is 0 Å². The predicted molar refractivity (Wildman–Crippen MR) is 75.2 cm³/mol. The molecule has 0 bridgehead atoms. The summed E-state index contributed by atoms with van der Waals surface area (Å²) in [5.74, 6) is 0.115. The Hall–Kier alpha value is -0.610. The maximum absolute atomic E-state index is 12.1. The first-order valence-corrected chi connectivity index (χ1v) is 6.81. The lowest BCUT2D eigenvalue weighted by molar-refractivity contribution is -0.134. The molecule has 0 heterocycles. The number of hydrogen-bond donors (Lipinski definition) is 2. The Labute approximate surface area is 112 Å². The lowest BCUT2D eigenvalue weighted by atomic mass is 9.84. The van der Waals surface area contributed by atoms with Gasteiger partial charge in [0, 0.05) is 19.5 Å². The highest BCUT2D eigenvalue weighted by molar-refractivity contribution is 5.76. The molecule has 0 radical (unpaired) electrons. The number of hydrogen-bond acceptors (Lipinski definition) is 3. The summed E-state index contributed by atoms with van der Waals surface area (Å²) in [5, 5.41) is 9.77. The van der Waals surface area contributed by atoms with E-state index in [4.69, 9.17) is 5.73 Å². The van der Waals surface area contributed by atoms with E-state index in [1.54, 1.807) is 18.7 Å². The lowest BCUT2D eigenvalue weighted by Gasteiger charge is -2.30. The fraction of sp³-hybridized carbons (Fsp3) is 0.929. The van der Waals surface area contributed by atoms with E-state index in [0.717, 1.165) is 12.8 Å². The number of nitrogens with two attached hydrogens (primary N) is 1. The lowest BCUT2D eigenvalue weighted by Crippen LogP contribution is -2.42. The van der Waals surface area contributed by atoms with Crippen molar-refractivity contribution in [1.29, 1.82) is 0 Å². The number of amides is 1. The molecule has 0 rings (SSSR count). The van der Waals surface area contributed by atoms with Gasteiger partial charge in [-0.25, -0.2) is 0 Å². The Bertz CT molecular complexity index is 257. The van der Waals surface area contributed by atoms with Gasteiger partial charge in [0.2, 0.25) is 5.91 Å². The van der Waals surface area contributed by atoms with Crippen molar-refractivity contribution in [2.75, 3.05) is 19.6 Å². The molecule has 4 heteroatoms. The summed E-state index contributed by atoms with van der Waals surface area (Å²) in [4.78, 5) is 13.8. The summed E-state index contributed by atoms with van der Waals surface area (Å²) >= 11 is 0. The van der Waals surface area contributed by atoms with E-state index in [1.165, 1.54) is 0 Å². The van der Waals surface area contributed by atoms with E-state index < -0.39 is 5.60 Å². The van der Waals surface area contributed by atoms with Crippen LogP contribution in [0, 0.1) is 5.41 Å². The zero-order chi connectivity index (χ0) is 14.4. The van der Waals surface area contributed by atoms with Gasteiger partial charge in [0.15, 0.2) is 0 Å². The second-order valence-electron chi connectivity index (χ2n) is 6.42. The summed E-state index contributed by atoms with van der Waals surface area (Å²) in [6.07, 6.45) is 2.29. The second-order valence-corrected chi connectivity index (χ2v) is 6.42. The molecule has 0 aliphatic rings. The van der Waals surface area contributed by atoms with Crippen molar-refractivity contribution in [1.82, 2.24) is 4.90 Å². The molecule has 0 aliphatic heterocycles. The van der Waals surface area contributed by atoms with Crippen molar-refractivity contribution < 1.29 is 9.90 Å². The second kappa shape index (κ2) is 7.10. The summed E-state index contributed by atoms with van der Waals surface area (Å²) < 4.78 is 0. The molecule has 0 saturated carbocycles. The van der Waals surface area contributed by atoms with Gasteiger partial charge in [-0.3, -0.25) is 4.79 Å². The van der Waals surface area contributed by atoms with E-state index >= 15 is 0 Å². The maximum atomic E-state index is 12.1. The number of aliphatic hydroxyl groups is 1. The Kier molecular flexibility index (Phi) is 6.86. The van der Waals surface area contributed by atoms with Gasteiger partial charge in [-0.05, 0) is 45.6 Å². The van der Waals surface area contributed by atoms with Crippen LogP contribution in [0.25, 0.3) is 0 Å². The van der Waals surface area contributed by atoms with Crippen LogP contribution in [0.4, 0.5) is 0 Å². The minimum Gasteiger partial charge on any atom is -0.389 e. The molecule has 18 heavy (non-hydrogen) atoms. The highest BCUT2D eigenvalue weighted by Crippen LogP contribution is 2.26.